The highest BCUT2D eigenvalue weighted by atomic mass is 19.1. The molecule has 0 spiro atoms. The van der Waals surface area contributed by atoms with Crippen LogP contribution in [0.15, 0.2) is 24.3 Å². The van der Waals surface area contributed by atoms with Crippen molar-refractivity contribution in [2.45, 2.75) is 50.7 Å². The minimum absolute atomic E-state index is 0.129. The third-order valence-corrected chi connectivity index (χ3v) is 4.75. The quantitative estimate of drug-likeness (QED) is 0.907. The maximum absolute atomic E-state index is 13.3. The van der Waals surface area contributed by atoms with E-state index in [9.17, 15) is 9.18 Å². The number of hydrogen-bond donors (Lipinski definition) is 1. The summed E-state index contributed by atoms with van der Waals surface area (Å²) in [6, 6.07) is 6.94. The first kappa shape index (κ1) is 16.2. The van der Waals surface area contributed by atoms with Crippen LogP contribution in [0.1, 0.15) is 38.5 Å². The number of nitrogens with one attached hydrogen (secondary N) is 1. The molecular formula is C18H25FN2O2. The second kappa shape index (κ2) is 7.77. The summed E-state index contributed by atoms with van der Waals surface area (Å²) in [6.45, 7) is 2.53. The summed E-state index contributed by atoms with van der Waals surface area (Å²) >= 11 is 0. The highest BCUT2D eigenvalue weighted by Crippen LogP contribution is 2.21. The predicted octanol–water partition coefficient (Wildman–Crippen LogP) is 2.87. The van der Waals surface area contributed by atoms with Crippen LogP contribution >= 0.6 is 0 Å². The molecule has 1 aromatic carbocycles. The van der Waals surface area contributed by atoms with Crippen LogP contribution in [0.2, 0.25) is 0 Å². The smallest absolute Gasteiger partial charge is 0.220 e. The van der Waals surface area contributed by atoms with Crippen LogP contribution in [0.5, 0.6) is 0 Å². The van der Waals surface area contributed by atoms with E-state index in [2.05, 4.69) is 10.2 Å². The fraction of sp³-hybridized carbons (Fsp3) is 0.611. The molecule has 0 unspecified atom stereocenters. The number of halogens is 1. The molecule has 0 radical (unpaired) electrons. The molecule has 2 saturated heterocycles. The summed E-state index contributed by atoms with van der Waals surface area (Å²) in [4.78, 5) is 14.2. The zero-order chi connectivity index (χ0) is 16.1. The highest BCUT2D eigenvalue weighted by Gasteiger charge is 2.22. The van der Waals surface area contributed by atoms with Crippen LogP contribution in [0.3, 0.4) is 0 Å². The van der Waals surface area contributed by atoms with E-state index in [1.807, 2.05) is 6.07 Å². The van der Waals surface area contributed by atoms with Gasteiger partial charge in [-0.1, -0.05) is 6.07 Å². The van der Waals surface area contributed by atoms with Crippen molar-refractivity contribution in [3.05, 3.63) is 30.1 Å². The summed E-state index contributed by atoms with van der Waals surface area (Å²) in [5, 5.41) is 3.13. The van der Waals surface area contributed by atoms with Crippen molar-refractivity contribution in [1.82, 2.24) is 5.32 Å². The molecular weight excluding hydrogens is 295 g/mol. The van der Waals surface area contributed by atoms with Crippen LogP contribution in [0, 0.1) is 5.82 Å². The maximum Gasteiger partial charge on any atom is 0.220 e. The molecule has 2 aliphatic rings. The molecule has 0 saturated carbocycles. The first-order valence-corrected chi connectivity index (χ1v) is 8.62. The lowest BCUT2D eigenvalue weighted by atomic mass is 10.0. The normalized spacial score (nSPS) is 22.3. The first-order valence-electron chi connectivity index (χ1n) is 8.62. The Hall–Kier alpha value is -1.62. The van der Waals surface area contributed by atoms with Gasteiger partial charge in [0.25, 0.3) is 0 Å². The van der Waals surface area contributed by atoms with Crippen LogP contribution in [0.4, 0.5) is 10.1 Å². The number of piperidine rings is 1. The molecule has 2 heterocycles. The maximum atomic E-state index is 13.3. The van der Waals surface area contributed by atoms with Crippen LogP contribution in [-0.2, 0) is 9.53 Å². The fourth-order valence-corrected chi connectivity index (χ4v) is 3.42. The van der Waals surface area contributed by atoms with Crippen LogP contribution in [0.25, 0.3) is 0 Å². The van der Waals surface area contributed by atoms with E-state index in [0.717, 1.165) is 57.5 Å². The van der Waals surface area contributed by atoms with Crippen LogP contribution < -0.4 is 10.2 Å². The molecule has 1 amide bonds. The minimum atomic E-state index is -0.202. The SMILES string of the molecule is O=C(CC[C@H]1CCCO1)NC1CCN(c2cccc(F)c2)CC1. The van der Waals surface area contributed by atoms with Gasteiger partial charge in [0.1, 0.15) is 5.82 Å². The Morgan fingerprint density at radius 1 is 1.30 bits per heavy atom. The Balaban J connectivity index is 1.39. The van der Waals surface area contributed by atoms with Crippen LogP contribution in [-0.4, -0.2) is 37.7 Å². The fourth-order valence-electron chi connectivity index (χ4n) is 3.42. The van der Waals surface area contributed by atoms with Crippen molar-refractivity contribution < 1.29 is 13.9 Å². The van der Waals surface area contributed by atoms with Crippen molar-refractivity contribution in [3.8, 4) is 0 Å². The molecule has 0 bridgehead atoms. The molecule has 0 aromatic heterocycles. The Morgan fingerprint density at radius 3 is 2.83 bits per heavy atom. The van der Waals surface area contributed by atoms with Gasteiger partial charge in [-0.05, 0) is 50.3 Å². The molecule has 5 heteroatoms. The molecule has 4 nitrogen and oxygen atoms in total. The van der Waals surface area contributed by atoms with Gasteiger partial charge in [0.2, 0.25) is 5.91 Å². The Bertz CT molecular complexity index is 524. The zero-order valence-corrected chi connectivity index (χ0v) is 13.5. The lowest BCUT2D eigenvalue weighted by Gasteiger charge is -2.34. The predicted molar refractivity (Wildman–Crippen MR) is 88.0 cm³/mol. The van der Waals surface area contributed by atoms with E-state index in [4.69, 9.17) is 4.74 Å². The number of ether oxygens (including phenoxy) is 1. The number of anilines is 1. The molecule has 2 aliphatic heterocycles. The third-order valence-electron chi connectivity index (χ3n) is 4.75. The van der Waals surface area contributed by atoms with Gasteiger partial charge in [-0.15, -0.1) is 0 Å². The highest BCUT2D eigenvalue weighted by molar-refractivity contribution is 5.76. The zero-order valence-electron chi connectivity index (χ0n) is 13.5. The van der Waals surface area contributed by atoms with Gasteiger partial charge in [0.05, 0.1) is 6.10 Å². The van der Waals surface area contributed by atoms with E-state index in [1.165, 1.54) is 6.07 Å². The average molecular weight is 320 g/mol. The lowest BCUT2D eigenvalue weighted by molar-refractivity contribution is -0.122. The number of rotatable bonds is 5. The summed E-state index contributed by atoms with van der Waals surface area (Å²) in [5.74, 6) is -0.0724. The summed E-state index contributed by atoms with van der Waals surface area (Å²) < 4.78 is 18.8. The van der Waals surface area contributed by atoms with Gasteiger partial charge < -0.3 is 15.0 Å². The number of carbonyl (C=O) groups excluding carboxylic acids is 1. The van der Waals surface area contributed by atoms with Crippen molar-refractivity contribution in [2.24, 2.45) is 0 Å². The molecule has 1 atom stereocenters. The third kappa shape index (κ3) is 4.67. The lowest BCUT2D eigenvalue weighted by Crippen LogP contribution is -2.44. The van der Waals surface area contributed by atoms with E-state index in [0.29, 0.717) is 6.42 Å². The van der Waals surface area contributed by atoms with E-state index in [1.54, 1.807) is 12.1 Å². The first-order chi connectivity index (χ1) is 11.2. The Kier molecular flexibility index (Phi) is 5.49. The number of benzene rings is 1. The molecule has 1 aromatic rings. The summed E-state index contributed by atoms with van der Waals surface area (Å²) in [6.07, 6.45) is 5.66. The number of nitrogens with zero attached hydrogens (tertiary/aromatic N) is 1. The second-order valence-electron chi connectivity index (χ2n) is 6.48. The number of hydrogen-bond acceptors (Lipinski definition) is 3. The summed E-state index contributed by atoms with van der Waals surface area (Å²) in [7, 11) is 0. The largest absolute Gasteiger partial charge is 0.378 e. The molecule has 1 N–H and O–H groups in total. The van der Waals surface area contributed by atoms with E-state index in [-0.39, 0.29) is 23.9 Å². The Labute approximate surface area is 137 Å². The Morgan fingerprint density at radius 2 is 2.13 bits per heavy atom. The van der Waals surface area contributed by atoms with Crippen molar-refractivity contribution in [1.29, 1.82) is 0 Å². The standard InChI is InChI=1S/C18H25FN2O2/c19-14-3-1-4-16(13-14)21-10-8-15(9-11-21)20-18(22)7-6-17-5-2-12-23-17/h1,3-4,13,15,17H,2,5-12H2,(H,20,22)/t17-/m1/s1. The topological polar surface area (TPSA) is 41.6 Å². The van der Waals surface area contributed by atoms with E-state index < -0.39 is 0 Å². The van der Waals surface area contributed by atoms with Gasteiger partial charge in [-0.25, -0.2) is 4.39 Å². The minimum Gasteiger partial charge on any atom is -0.378 e. The van der Waals surface area contributed by atoms with Gasteiger partial charge in [0, 0.05) is 37.8 Å². The van der Waals surface area contributed by atoms with Crippen molar-refractivity contribution in [2.75, 3.05) is 24.6 Å². The molecule has 3 rings (SSSR count). The summed E-state index contributed by atoms with van der Waals surface area (Å²) in [5.41, 5.74) is 0.924. The monoisotopic (exact) mass is 320 g/mol. The molecule has 2 fully saturated rings. The number of amides is 1. The molecule has 0 aliphatic carbocycles. The molecule has 23 heavy (non-hydrogen) atoms. The van der Waals surface area contributed by atoms with Gasteiger partial charge in [-0.3, -0.25) is 4.79 Å². The van der Waals surface area contributed by atoms with Gasteiger partial charge in [0.15, 0.2) is 0 Å². The number of carbonyl (C=O) groups is 1. The average Bonchev–Trinajstić information content (AvgIpc) is 3.07. The van der Waals surface area contributed by atoms with Crippen molar-refractivity contribution in [3.63, 3.8) is 0 Å². The second-order valence-corrected chi connectivity index (χ2v) is 6.48. The molecule has 126 valence electrons. The van der Waals surface area contributed by atoms with Gasteiger partial charge in [-0.2, -0.15) is 0 Å². The van der Waals surface area contributed by atoms with Crippen molar-refractivity contribution >= 4 is 11.6 Å². The van der Waals surface area contributed by atoms with E-state index >= 15 is 0 Å². The van der Waals surface area contributed by atoms with Gasteiger partial charge >= 0.3 is 0 Å².